The van der Waals surface area contributed by atoms with E-state index in [4.69, 9.17) is 0 Å². The summed E-state index contributed by atoms with van der Waals surface area (Å²) in [5, 5.41) is 12.9. The first-order chi connectivity index (χ1) is 7.93. The van der Waals surface area contributed by atoms with Crippen molar-refractivity contribution in [2.45, 2.75) is 65.5 Å². The van der Waals surface area contributed by atoms with E-state index >= 15 is 0 Å². The summed E-state index contributed by atoms with van der Waals surface area (Å²) in [5.74, 6) is 0.844. The molecule has 0 radical (unpaired) electrons. The van der Waals surface area contributed by atoms with Gasteiger partial charge in [-0.05, 0) is 24.7 Å². The van der Waals surface area contributed by atoms with Crippen molar-refractivity contribution in [2.75, 3.05) is 0 Å². The van der Waals surface area contributed by atoms with Crippen molar-refractivity contribution in [1.82, 2.24) is 5.32 Å². The van der Waals surface area contributed by atoms with Crippen LogP contribution < -0.4 is 5.32 Å². The molecule has 0 bridgehead atoms. The van der Waals surface area contributed by atoms with Gasteiger partial charge < -0.3 is 10.4 Å². The van der Waals surface area contributed by atoms with Crippen LogP contribution in [0.3, 0.4) is 0 Å². The van der Waals surface area contributed by atoms with E-state index in [0.29, 0.717) is 11.8 Å². The summed E-state index contributed by atoms with van der Waals surface area (Å²) in [4.78, 5) is 12.2. The summed E-state index contributed by atoms with van der Waals surface area (Å²) in [6, 6.07) is -0.0313. The molecule has 100 valence electrons. The van der Waals surface area contributed by atoms with Gasteiger partial charge in [0.1, 0.15) is 0 Å². The van der Waals surface area contributed by atoms with Crippen molar-refractivity contribution in [3.8, 4) is 0 Å². The van der Waals surface area contributed by atoms with Crippen molar-refractivity contribution in [2.24, 2.45) is 17.8 Å². The van der Waals surface area contributed by atoms with Crippen molar-refractivity contribution in [3.63, 3.8) is 0 Å². The number of aliphatic hydroxyl groups excluding tert-OH is 1. The second-order valence-electron chi connectivity index (χ2n) is 5.98. The lowest BCUT2D eigenvalue weighted by atomic mass is 9.84. The average molecular weight is 241 g/mol. The molecule has 2 N–H and O–H groups in total. The SMILES string of the molecule is CC(C)C(C(=O)N[C@@H]1CCCC[C@H]1O)C(C)C. The van der Waals surface area contributed by atoms with E-state index in [-0.39, 0.29) is 24.0 Å². The number of nitrogens with one attached hydrogen (secondary N) is 1. The molecule has 3 heteroatoms. The molecule has 1 fully saturated rings. The zero-order valence-corrected chi connectivity index (χ0v) is 11.6. The van der Waals surface area contributed by atoms with E-state index in [2.05, 4.69) is 33.0 Å². The van der Waals surface area contributed by atoms with Crippen LogP contribution in [0, 0.1) is 17.8 Å². The lowest BCUT2D eigenvalue weighted by Gasteiger charge is -2.32. The lowest BCUT2D eigenvalue weighted by molar-refractivity contribution is -0.129. The molecule has 0 aliphatic heterocycles. The van der Waals surface area contributed by atoms with Gasteiger partial charge in [-0.3, -0.25) is 4.79 Å². The van der Waals surface area contributed by atoms with Crippen LogP contribution in [0.2, 0.25) is 0 Å². The highest BCUT2D eigenvalue weighted by atomic mass is 16.3. The Bertz CT molecular complexity index is 243. The summed E-state index contributed by atoms with van der Waals surface area (Å²) in [5.41, 5.74) is 0. The fraction of sp³-hybridized carbons (Fsp3) is 0.929. The highest BCUT2D eigenvalue weighted by Crippen LogP contribution is 2.23. The molecule has 3 nitrogen and oxygen atoms in total. The van der Waals surface area contributed by atoms with Crippen LogP contribution in [0.1, 0.15) is 53.4 Å². The Morgan fingerprint density at radius 3 is 2.12 bits per heavy atom. The van der Waals surface area contributed by atoms with Crippen LogP contribution in [0.25, 0.3) is 0 Å². The summed E-state index contributed by atoms with van der Waals surface area (Å²) in [7, 11) is 0. The van der Waals surface area contributed by atoms with E-state index in [1.165, 1.54) is 0 Å². The third-order valence-corrected chi connectivity index (χ3v) is 3.80. The fourth-order valence-corrected chi connectivity index (χ4v) is 2.93. The van der Waals surface area contributed by atoms with Gasteiger partial charge in [0.15, 0.2) is 0 Å². The summed E-state index contributed by atoms with van der Waals surface area (Å²) < 4.78 is 0. The first-order valence-corrected chi connectivity index (χ1v) is 6.92. The molecule has 0 aromatic carbocycles. The van der Waals surface area contributed by atoms with Gasteiger partial charge in [-0.2, -0.15) is 0 Å². The fourth-order valence-electron chi connectivity index (χ4n) is 2.93. The molecule has 1 amide bonds. The van der Waals surface area contributed by atoms with Gasteiger partial charge >= 0.3 is 0 Å². The Morgan fingerprint density at radius 1 is 1.12 bits per heavy atom. The van der Waals surface area contributed by atoms with Crippen LogP contribution in [-0.4, -0.2) is 23.2 Å². The minimum atomic E-state index is -0.354. The Hall–Kier alpha value is -0.570. The summed E-state index contributed by atoms with van der Waals surface area (Å²) in [6.07, 6.45) is 3.56. The van der Waals surface area contributed by atoms with E-state index in [1.807, 2.05) is 0 Å². The van der Waals surface area contributed by atoms with Crippen molar-refractivity contribution < 1.29 is 9.90 Å². The Kier molecular flexibility index (Phi) is 5.44. The monoisotopic (exact) mass is 241 g/mol. The molecule has 0 spiro atoms. The van der Waals surface area contributed by atoms with Crippen molar-refractivity contribution in [1.29, 1.82) is 0 Å². The molecule has 0 unspecified atom stereocenters. The lowest BCUT2D eigenvalue weighted by Crippen LogP contribution is -2.48. The Morgan fingerprint density at radius 2 is 1.65 bits per heavy atom. The first kappa shape index (κ1) is 14.5. The van der Waals surface area contributed by atoms with Gasteiger partial charge in [0, 0.05) is 5.92 Å². The number of aliphatic hydroxyl groups is 1. The molecular formula is C14H27NO2. The zero-order chi connectivity index (χ0) is 13.0. The predicted molar refractivity (Wildman–Crippen MR) is 69.6 cm³/mol. The third kappa shape index (κ3) is 3.98. The minimum Gasteiger partial charge on any atom is -0.391 e. The molecule has 17 heavy (non-hydrogen) atoms. The van der Waals surface area contributed by atoms with Crippen LogP contribution in [0.5, 0.6) is 0 Å². The Labute approximate surface area is 105 Å². The predicted octanol–water partition coefficient (Wildman–Crippen LogP) is 2.33. The maximum Gasteiger partial charge on any atom is 0.223 e. The van der Waals surface area contributed by atoms with Gasteiger partial charge in [0.25, 0.3) is 0 Å². The van der Waals surface area contributed by atoms with Gasteiger partial charge in [-0.15, -0.1) is 0 Å². The molecular weight excluding hydrogens is 214 g/mol. The van der Waals surface area contributed by atoms with Gasteiger partial charge in [-0.1, -0.05) is 40.5 Å². The van der Waals surface area contributed by atoms with Gasteiger partial charge in [-0.25, -0.2) is 0 Å². The summed E-state index contributed by atoms with van der Waals surface area (Å²) >= 11 is 0. The number of rotatable bonds is 4. The molecule has 0 aromatic rings. The standard InChI is InChI=1S/C14H27NO2/c1-9(2)13(10(3)4)14(17)15-11-7-5-6-8-12(11)16/h9-13,16H,5-8H2,1-4H3,(H,15,17)/t11-,12-/m1/s1. The largest absolute Gasteiger partial charge is 0.391 e. The van der Waals surface area contributed by atoms with Gasteiger partial charge in [0.05, 0.1) is 12.1 Å². The molecule has 2 atom stereocenters. The number of hydrogen-bond donors (Lipinski definition) is 2. The zero-order valence-electron chi connectivity index (χ0n) is 11.6. The van der Waals surface area contributed by atoms with E-state index in [0.717, 1.165) is 25.7 Å². The normalized spacial score (nSPS) is 25.6. The highest BCUT2D eigenvalue weighted by molar-refractivity contribution is 5.79. The first-order valence-electron chi connectivity index (χ1n) is 6.92. The second kappa shape index (κ2) is 6.39. The Balaban J connectivity index is 2.56. The molecule has 0 saturated heterocycles. The van der Waals surface area contributed by atoms with Crippen LogP contribution in [0.15, 0.2) is 0 Å². The van der Waals surface area contributed by atoms with Crippen LogP contribution in [0.4, 0.5) is 0 Å². The number of hydrogen-bond acceptors (Lipinski definition) is 2. The number of amides is 1. The van der Waals surface area contributed by atoms with E-state index < -0.39 is 0 Å². The van der Waals surface area contributed by atoms with E-state index in [9.17, 15) is 9.90 Å². The minimum absolute atomic E-state index is 0.0313. The number of carbonyl (C=O) groups excluding carboxylic acids is 1. The summed E-state index contributed by atoms with van der Waals surface area (Å²) in [6.45, 7) is 8.34. The maximum atomic E-state index is 12.2. The topological polar surface area (TPSA) is 49.3 Å². The molecule has 1 rings (SSSR count). The average Bonchev–Trinajstić information content (AvgIpc) is 2.20. The molecule has 0 aromatic heterocycles. The molecule has 1 aliphatic rings. The third-order valence-electron chi connectivity index (χ3n) is 3.80. The maximum absolute atomic E-state index is 12.2. The smallest absolute Gasteiger partial charge is 0.223 e. The van der Waals surface area contributed by atoms with Crippen LogP contribution >= 0.6 is 0 Å². The van der Waals surface area contributed by atoms with Crippen molar-refractivity contribution >= 4 is 5.91 Å². The molecule has 1 saturated carbocycles. The van der Waals surface area contributed by atoms with Crippen LogP contribution in [-0.2, 0) is 4.79 Å². The van der Waals surface area contributed by atoms with E-state index in [1.54, 1.807) is 0 Å². The molecule has 1 aliphatic carbocycles. The quantitative estimate of drug-likeness (QED) is 0.793. The second-order valence-corrected chi connectivity index (χ2v) is 5.98. The highest BCUT2D eigenvalue weighted by Gasteiger charge is 2.30. The van der Waals surface area contributed by atoms with Crippen molar-refractivity contribution in [3.05, 3.63) is 0 Å². The molecule has 0 heterocycles. The van der Waals surface area contributed by atoms with Gasteiger partial charge in [0.2, 0.25) is 5.91 Å². The number of carbonyl (C=O) groups is 1.